The molecule has 1 aromatic heterocycles. The Labute approximate surface area is 141 Å². The van der Waals surface area contributed by atoms with Crippen molar-refractivity contribution in [1.29, 1.82) is 0 Å². The summed E-state index contributed by atoms with van der Waals surface area (Å²) in [6.45, 7) is 5.27. The molecule has 25 heavy (non-hydrogen) atoms. The maximum absolute atomic E-state index is 12.5. The van der Waals surface area contributed by atoms with E-state index < -0.39 is 37.7 Å². The Morgan fingerprint density at radius 3 is 2.24 bits per heavy atom. The van der Waals surface area contributed by atoms with Crippen molar-refractivity contribution in [3.8, 4) is 5.88 Å². The molecule has 0 saturated carbocycles. The second kappa shape index (κ2) is 6.63. The SMILES string of the molecule is Cc1nc(OS(=O)(=O)C(F)(F)F)c([N+](=O)[O-])c(NCC(C)(C)O)c1C. The van der Waals surface area contributed by atoms with Gasteiger partial charge in [-0.15, -0.1) is 0 Å². The van der Waals surface area contributed by atoms with Crippen LogP contribution in [0, 0.1) is 24.0 Å². The summed E-state index contributed by atoms with van der Waals surface area (Å²) in [5.41, 5.74) is -8.27. The molecular weight excluding hydrogens is 371 g/mol. The Morgan fingerprint density at radius 2 is 1.84 bits per heavy atom. The molecule has 0 aliphatic rings. The second-order valence-electron chi connectivity index (χ2n) is 5.76. The molecule has 13 heteroatoms. The van der Waals surface area contributed by atoms with E-state index in [2.05, 4.69) is 14.5 Å². The average Bonchev–Trinajstić information content (AvgIpc) is 2.37. The Balaban J connectivity index is 3.54. The third-order valence-electron chi connectivity index (χ3n) is 2.98. The first-order valence-corrected chi connectivity index (χ1v) is 8.10. The summed E-state index contributed by atoms with van der Waals surface area (Å²) in [6, 6.07) is 0. The standard InChI is InChI=1S/C12H16F3N3O6S/c1-6-7(2)17-10(24-25(22,23)12(13,14)15)9(18(20)21)8(6)16-5-11(3,4)19/h19H,5H2,1-4H3,(H,16,17). The number of aliphatic hydroxyl groups is 1. The molecule has 0 spiro atoms. The number of alkyl halides is 3. The summed E-state index contributed by atoms with van der Waals surface area (Å²) in [7, 11) is -6.14. The van der Waals surface area contributed by atoms with Crippen LogP contribution < -0.4 is 9.50 Å². The maximum Gasteiger partial charge on any atom is 0.534 e. The molecule has 0 aliphatic heterocycles. The van der Waals surface area contributed by atoms with E-state index in [0.717, 1.165) is 0 Å². The van der Waals surface area contributed by atoms with Gasteiger partial charge in [0.1, 0.15) is 5.69 Å². The monoisotopic (exact) mass is 387 g/mol. The summed E-state index contributed by atoms with van der Waals surface area (Å²) in [4.78, 5) is 13.6. The number of hydrogen-bond acceptors (Lipinski definition) is 8. The van der Waals surface area contributed by atoms with E-state index in [1.165, 1.54) is 27.7 Å². The molecule has 0 bridgehead atoms. The van der Waals surface area contributed by atoms with E-state index in [4.69, 9.17) is 0 Å². The summed E-state index contributed by atoms with van der Waals surface area (Å²) in [6.07, 6.45) is 0. The van der Waals surface area contributed by atoms with Gasteiger partial charge in [0.25, 0.3) is 0 Å². The molecule has 9 nitrogen and oxygen atoms in total. The average molecular weight is 387 g/mol. The minimum absolute atomic E-state index is 0.0104. The zero-order chi connectivity index (χ0) is 19.8. The van der Waals surface area contributed by atoms with E-state index >= 15 is 0 Å². The van der Waals surface area contributed by atoms with E-state index in [1.807, 2.05) is 0 Å². The van der Waals surface area contributed by atoms with Crippen molar-refractivity contribution >= 4 is 21.5 Å². The number of nitro groups is 1. The normalized spacial score (nSPS) is 12.8. The quantitative estimate of drug-likeness (QED) is 0.328. The number of nitrogens with one attached hydrogen (secondary N) is 1. The van der Waals surface area contributed by atoms with Gasteiger partial charge < -0.3 is 14.6 Å². The number of anilines is 1. The first-order valence-electron chi connectivity index (χ1n) is 6.69. The largest absolute Gasteiger partial charge is 0.534 e. The Kier molecular flexibility index (Phi) is 5.54. The van der Waals surface area contributed by atoms with Gasteiger partial charge in [-0.25, -0.2) is 4.98 Å². The minimum atomic E-state index is -6.14. The van der Waals surface area contributed by atoms with Crippen molar-refractivity contribution in [2.24, 2.45) is 0 Å². The van der Waals surface area contributed by atoms with Gasteiger partial charge in [-0.2, -0.15) is 21.6 Å². The van der Waals surface area contributed by atoms with Crippen LogP contribution in [-0.4, -0.2) is 41.1 Å². The number of aryl methyl sites for hydroxylation is 1. The van der Waals surface area contributed by atoms with Crippen LogP contribution in [-0.2, 0) is 10.1 Å². The summed E-state index contributed by atoms with van der Waals surface area (Å²) in [5, 5.41) is 23.5. The van der Waals surface area contributed by atoms with Gasteiger partial charge >= 0.3 is 27.2 Å². The molecule has 2 N–H and O–H groups in total. The van der Waals surface area contributed by atoms with Gasteiger partial charge in [-0.3, -0.25) is 10.1 Å². The smallest absolute Gasteiger partial charge is 0.389 e. The predicted octanol–water partition coefficient (Wildman–Crippen LogP) is 2.02. The molecule has 0 saturated heterocycles. The lowest BCUT2D eigenvalue weighted by atomic mass is 10.1. The van der Waals surface area contributed by atoms with Crippen LogP contribution in [0.15, 0.2) is 0 Å². The topological polar surface area (TPSA) is 132 Å². The zero-order valence-electron chi connectivity index (χ0n) is 13.6. The molecule has 0 atom stereocenters. The van der Waals surface area contributed by atoms with Gasteiger partial charge in [0.2, 0.25) is 0 Å². The van der Waals surface area contributed by atoms with Crippen molar-refractivity contribution in [3.63, 3.8) is 0 Å². The summed E-state index contributed by atoms with van der Waals surface area (Å²) in [5.74, 6) is -1.32. The highest BCUT2D eigenvalue weighted by atomic mass is 32.2. The Bertz CT molecular complexity index is 787. The Hall–Kier alpha value is -2.15. The molecule has 0 fully saturated rings. The van der Waals surface area contributed by atoms with Crippen LogP contribution in [0.1, 0.15) is 25.1 Å². The van der Waals surface area contributed by atoms with Crippen LogP contribution >= 0.6 is 0 Å². The first kappa shape index (κ1) is 20.9. The van der Waals surface area contributed by atoms with Crippen molar-refractivity contribution < 1.29 is 35.8 Å². The lowest BCUT2D eigenvalue weighted by molar-refractivity contribution is -0.384. The number of halogens is 3. The lowest BCUT2D eigenvalue weighted by Gasteiger charge is -2.20. The summed E-state index contributed by atoms with van der Waals surface area (Å²) >= 11 is 0. The van der Waals surface area contributed by atoms with E-state index in [9.17, 15) is 36.8 Å². The second-order valence-corrected chi connectivity index (χ2v) is 7.30. The highest BCUT2D eigenvalue weighted by Crippen LogP contribution is 2.39. The highest BCUT2D eigenvalue weighted by molar-refractivity contribution is 7.88. The van der Waals surface area contributed by atoms with Crippen LogP contribution in [0.3, 0.4) is 0 Å². The molecule has 1 aromatic rings. The fourth-order valence-corrected chi connectivity index (χ4v) is 2.07. The van der Waals surface area contributed by atoms with Gasteiger partial charge in [0.15, 0.2) is 0 Å². The molecule has 1 rings (SSSR count). The van der Waals surface area contributed by atoms with Gasteiger partial charge in [0, 0.05) is 17.8 Å². The third kappa shape index (κ3) is 4.92. The number of hydrogen-bond donors (Lipinski definition) is 2. The third-order valence-corrected chi connectivity index (χ3v) is 3.92. The van der Waals surface area contributed by atoms with Crippen LogP contribution in [0.25, 0.3) is 0 Å². The van der Waals surface area contributed by atoms with Crippen LogP contribution in [0.5, 0.6) is 5.88 Å². The number of nitrogens with zero attached hydrogens (tertiary/aromatic N) is 2. The molecule has 0 aromatic carbocycles. The number of rotatable bonds is 6. The van der Waals surface area contributed by atoms with Gasteiger partial charge in [-0.1, -0.05) is 0 Å². The Morgan fingerprint density at radius 1 is 1.32 bits per heavy atom. The molecule has 1 heterocycles. The van der Waals surface area contributed by atoms with Gasteiger partial charge in [-0.05, 0) is 27.7 Å². The molecule has 0 aliphatic carbocycles. The lowest BCUT2D eigenvalue weighted by Crippen LogP contribution is -2.30. The fraction of sp³-hybridized carbons (Fsp3) is 0.583. The zero-order valence-corrected chi connectivity index (χ0v) is 14.4. The van der Waals surface area contributed by atoms with E-state index in [1.54, 1.807) is 0 Å². The van der Waals surface area contributed by atoms with Crippen LogP contribution in [0.4, 0.5) is 24.5 Å². The van der Waals surface area contributed by atoms with Crippen molar-refractivity contribution in [2.45, 2.75) is 38.8 Å². The molecular formula is C12H16F3N3O6S. The molecule has 0 amide bonds. The highest BCUT2D eigenvalue weighted by Gasteiger charge is 2.50. The molecule has 142 valence electrons. The number of pyridine rings is 1. The van der Waals surface area contributed by atoms with Crippen molar-refractivity contribution in [2.75, 3.05) is 11.9 Å². The van der Waals surface area contributed by atoms with Gasteiger partial charge in [0.05, 0.1) is 10.5 Å². The predicted molar refractivity (Wildman–Crippen MR) is 80.8 cm³/mol. The first-order chi connectivity index (χ1) is 11.1. The van der Waals surface area contributed by atoms with Crippen molar-refractivity contribution in [3.05, 3.63) is 21.4 Å². The molecule has 0 radical (unpaired) electrons. The van der Waals surface area contributed by atoms with E-state index in [0.29, 0.717) is 0 Å². The van der Waals surface area contributed by atoms with Crippen LogP contribution in [0.2, 0.25) is 0 Å². The summed E-state index contributed by atoms with van der Waals surface area (Å²) < 4.78 is 63.6. The molecule has 0 unspecified atom stereocenters. The minimum Gasteiger partial charge on any atom is -0.389 e. The van der Waals surface area contributed by atoms with E-state index in [-0.39, 0.29) is 23.5 Å². The fourth-order valence-electron chi connectivity index (χ4n) is 1.65. The van der Waals surface area contributed by atoms with Crippen molar-refractivity contribution in [1.82, 2.24) is 4.98 Å². The maximum atomic E-state index is 12.5. The number of aromatic nitrogens is 1.